The molecule has 5 nitrogen and oxygen atoms in total. The van der Waals surface area contributed by atoms with E-state index in [0.29, 0.717) is 11.9 Å². The minimum absolute atomic E-state index is 0.571. The predicted octanol–water partition coefficient (Wildman–Crippen LogP) is 1.84. The number of ether oxygens (including phenoxy) is 1. The predicted molar refractivity (Wildman–Crippen MR) is 76.7 cm³/mol. The molecule has 1 aliphatic heterocycles. The van der Waals surface area contributed by atoms with Crippen molar-refractivity contribution < 1.29 is 4.74 Å². The van der Waals surface area contributed by atoms with Crippen LogP contribution in [0.5, 0.6) is 5.88 Å². The Bertz CT molecular complexity index is 379. The molecule has 106 valence electrons. The number of aromatic nitrogens is 2. The van der Waals surface area contributed by atoms with Crippen LogP contribution in [0.4, 0.5) is 5.82 Å². The third-order valence-electron chi connectivity index (χ3n) is 3.51. The summed E-state index contributed by atoms with van der Waals surface area (Å²) in [6.45, 7) is 5.35. The van der Waals surface area contributed by atoms with Crippen molar-refractivity contribution in [1.29, 1.82) is 0 Å². The molecule has 0 saturated carbocycles. The van der Waals surface area contributed by atoms with Crippen molar-refractivity contribution in [2.45, 2.75) is 38.6 Å². The Morgan fingerprint density at radius 3 is 3.00 bits per heavy atom. The first-order valence-electron chi connectivity index (χ1n) is 7.18. The third kappa shape index (κ3) is 4.06. The van der Waals surface area contributed by atoms with Gasteiger partial charge in [-0.2, -0.15) is 0 Å². The molecule has 2 rings (SSSR count). The lowest BCUT2D eigenvalue weighted by Gasteiger charge is -2.31. The van der Waals surface area contributed by atoms with E-state index in [1.807, 2.05) is 6.07 Å². The lowest BCUT2D eigenvalue weighted by Crippen LogP contribution is -2.44. The molecule has 0 aliphatic carbocycles. The zero-order valence-corrected chi connectivity index (χ0v) is 11.9. The van der Waals surface area contributed by atoms with E-state index in [0.717, 1.165) is 31.9 Å². The summed E-state index contributed by atoms with van der Waals surface area (Å²) in [5.74, 6) is 1.59. The second kappa shape index (κ2) is 7.28. The minimum atomic E-state index is 0.571. The molecular weight excluding hydrogens is 240 g/mol. The van der Waals surface area contributed by atoms with Gasteiger partial charge < -0.3 is 15.0 Å². The van der Waals surface area contributed by atoms with E-state index in [1.165, 1.54) is 19.3 Å². The second-order valence-corrected chi connectivity index (χ2v) is 5.01. The van der Waals surface area contributed by atoms with E-state index >= 15 is 0 Å². The zero-order valence-electron chi connectivity index (χ0n) is 11.9. The van der Waals surface area contributed by atoms with Crippen LogP contribution in [0.25, 0.3) is 0 Å². The summed E-state index contributed by atoms with van der Waals surface area (Å²) in [5.41, 5.74) is 0. The highest BCUT2D eigenvalue weighted by molar-refractivity contribution is 5.41. The Morgan fingerprint density at radius 1 is 1.42 bits per heavy atom. The quantitative estimate of drug-likeness (QED) is 0.849. The number of hydrogen-bond acceptors (Lipinski definition) is 5. The van der Waals surface area contributed by atoms with Gasteiger partial charge in [-0.25, -0.2) is 9.97 Å². The highest BCUT2D eigenvalue weighted by atomic mass is 16.5. The lowest BCUT2D eigenvalue weighted by molar-refractivity contribution is 0.392. The van der Waals surface area contributed by atoms with Gasteiger partial charge in [-0.15, -0.1) is 0 Å². The summed E-state index contributed by atoms with van der Waals surface area (Å²) in [7, 11) is 1.64. The van der Waals surface area contributed by atoms with Crippen molar-refractivity contribution in [3.63, 3.8) is 0 Å². The number of hydrogen-bond donors (Lipinski definition) is 1. The Morgan fingerprint density at radius 2 is 2.32 bits per heavy atom. The van der Waals surface area contributed by atoms with Crippen molar-refractivity contribution in [1.82, 2.24) is 15.3 Å². The standard InChI is InChI=1S/C14H24N4O/c1-3-8-18(10-12-6-4-5-7-15-12)13-9-14(19-2)17-11-16-13/h9,11-12,15H,3-8,10H2,1-2H3. The van der Waals surface area contributed by atoms with E-state index < -0.39 is 0 Å². The molecular formula is C14H24N4O. The smallest absolute Gasteiger partial charge is 0.218 e. The molecule has 0 aromatic carbocycles. The molecule has 0 radical (unpaired) electrons. The molecule has 1 saturated heterocycles. The monoisotopic (exact) mass is 264 g/mol. The number of rotatable bonds is 6. The van der Waals surface area contributed by atoms with Crippen molar-refractivity contribution in [3.05, 3.63) is 12.4 Å². The van der Waals surface area contributed by atoms with Crippen LogP contribution in [0.1, 0.15) is 32.6 Å². The van der Waals surface area contributed by atoms with Gasteiger partial charge in [0.2, 0.25) is 5.88 Å². The molecule has 19 heavy (non-hydrogen) atoms. The largest absolute Gasteiger partial charge is 0.481 e. The van der Waals surface area contributed by atoms with E-state index in [9.17, 15) is 0 Å². The molecule has 0 bridgehead atoms. The lowest BCUT2D eigenvalue weighted by atomic mass is 10.0. The normalized spacial score (nSPS) is 19.2. The van der Waals surface area contributed by atoms with Crippen LogP contribution < -0.4 is 15.0 Å². The van der Waals surface area contributed by atoms with Crippen LogP contribution in [0.3, 0.4) is 0 Å². The average molecular weight is 264 g/mol. The third-order valence-corrected chi connectivity index (χ3v) is 3.51. The SMILES string of the molecule is CCCN(CC1CCCCN1)c1cc(OC)ncn1. The zero-order chi connectivity index (χ0) is 13.5. The molecule has 1 N–H and O–H groups in total. The summed E-state index contributed by atoms with van der Waals surface area (Å²) < 4.78 is 5.18. The van der Waals surface area contributed by atoms with Crippen molar-refractivity contribution in [2.75, 3.05) is 31.6 Å². The van der Waals surface area contributed by atoms with E-state index in [1.54, 1.807) is 13.4 Å². The molecule has 0 amide bonds. The fraction of sp³-hybridized carbons (Fsp3) is 0.714. The molecule has 1 unspecified atom stereocenters. The number of nitrogens with one attached hydrogen (secondary N) is 1. The van der Waals surface area contributed by atoms with Gasteiger partial charge in [0.05, 0.1) is 7.11 Å². The van der Waals surface area contributed by atoms with E-state index in [-0.39, 0.29) is 0 Å². The first kappa shape index (κ1) is 14.1. The van der Waals surface area contributed by atoms with Gasteiger partial charge in [-0.1, -0.05) is 13.3 Å². The first-order chi connectivity index (χ1) is 9.33. The molecule has 1 aliphatic rings. The van der Waals surface area contributed by atoms with Crippen LogP contribution in [0.2, 0.25) is 0 Å². The molecule has 1 aromatic heterocycles. The maximum atomic E-state index is 5.18. The molecule has 1 fully saturated rings. The van der Waals surface area contributed by atoms with Gasteiger partial charge in [-0.3, -0.25) is 0 Å². The summed E-state index contributed by atoms with van der Waals surface area (Å²) in [4.78, 5) is 10.8. The van der Waals surface area contributed by atoms with Gasteiger partial charge in [-0.05, 0) is 25.8 Å². The van der Waals surface area contributed by atoms with Crippen LogP contribution >= 0.6 is 0 Å². The van der Waals surface area contributed by atoms with Crippen molar-refractivity contribution >= 4 is 5.82 Å². The summed E-state index contributed by atoms with van der Waals surface area (Å²) in [5, 5.41) is 3.59. The van der Waals surface area contributed by atoms with E-state index in [4.69, 9.17) is 4.74 Å². The minimum Gasteiger partial charge on any atom is -0.481 e. The van der Waals surface area contributed by atoms with Gasteiger partial charge in [0.25, 0.3) is 0 Å². The van der Waals surface area contributed by atoms with Crippen LogP contribution in [0.15, 0.2) is 12.4 Å². The topological polar surface area (TPSA) is 50.3 Å². The van der Waals surface area contributed by atoms with Gasteiger partial charge in [0.15, 0.2) is 0 Å². The average Bonchev–Trinajstić information content (AvgIpc) is 2.48. The fourth-order valence-corrected chi connectivity index (χ4v) is 2.53. The van der Waals surface area contributed by atoms with Gasteiger partial charge in [0, 0.05) is 25.2 Å². The summed E-state index contributed by atoms with van der Waals surface area (Å²) in [6, 6.07) is 2.49. The van der Waals surface area contributed by atoms with Crippen LogP contribution in [-0.4, -0.2) is 42.8 Å². The number of nitrogens with zero attached hydrogens (tertiary/aromatic N) is 3. The number of piperidine rings is 1. The van der Waals surface area contributed by atoms with Crippen molar-refractivity contribution in [3.8, 4) is 5.88 Å². The Kier molecular flexibility index (Phi) is 5.39. The van der Waals surface area contributed by atoms with Crippen LogP contribution in [0, 0.1) is 0 Å². The number of anilines is 1. The molecule has 0 spiro atoms. The summed E-state index contributed by atoms with van der Waals surface area (Å²) >= 11 is 0. The maximum absolute atomic E-state index is 5.18. The van der Waals surface area contributed by atoms with Crippen molar-refractivity contribution in [2.24, 2.45) is 0 Å². The second-order valence-electron chi connectivity index (χ2n) is 5.01. The van der Waals surface area contributed by atoms with E-state index in [2.05, 4.69) is 27.1 Å². The highest BCUT2D eigenvalue weighted by Gasteiger charge is 2.17. The fourth-order valence-electron chi connectivity index (χ4n) is 2.53. The van der Waals surface area contributed by atoms with Crippen LogP contribution in [-0.2, 0) is 0 Å². The maximum Gasteiger partial charge on any atom is 0.218 e. The molecule has 5 heteroatoms. The van der Waals surface area contributed by atoms with Gasteiger partial charge in [0.1, 0.15) is 12.1 Å². The molecule has 2 heterocycles. The first-order valence-corrected chi connectivity index (χ1v) is 7.18. The summed E-state index contributed by atoms with van der Waals surface area (Å²) in [6.07, 6.45) is 6.56. The Hall–Kier alpha value is -1.36. The highest BCUT2D eigenvalue weighted by Crippen LogP contribution is 2.18. The Labute approximate surface area is 115 Å². The van der Waals surface area contributed by atoms with Gasteiger partial charge >= 0.3 is 0 Å². The molecule has 1 aromatic rings. The Balaban J connectivity index is 2.04. The number of methoxy groups -OCH3 is 1. The molecule has 1 atom stereocenters.